The van der Waals surface area contributed by atoms with E-state index in [1.807, 2.05) is 24.3 Å². The van der Waals surface area contributed by atoms with Crippen LogP contribution in [0.1, 0.15) is 38.5 Å². The van der Waals surface area contributed by atoms with Crippen molar-refractivity contribution in [2.24, 2.45) is 21.5 Å². The van der Waals surface area contributed by atoms with Crippen molar-refractivity contribution in [3.05, 3.63) is 42.5 Å². The average Bonchev–Trinajstić information content (AvgIpc) is 2.70. The lowest BCUT2D eigenvalue weighted by molar-refractivity contribution is -0.178. The van der Waals surface area contributed by atoms with Gasteiger partial charge in [-0.05, 0) is 37.1 Å². The van der Waals surface area contributed by atoms with Crippen LogP contribution in [-0.4, -0.2) is 35.9 Å². The second-order valence-electron chi connectivity index (χ2n) is 7.29. The van der Waals surface area contributed by atoms with Crippen LogP contribution in [-0.2, 0) is 4.84 Å². The van der Waals surface area contributed by atoms with Crippen LogP contribution >= 0.6 is 17.0 Å². The molecule has 2 aromatic rings. The molecule has 0 saturated heterocycles. The van der Waals surface area contributed by atoms with E-state index in [2.05, 4.69) is 28.2 Å². The van der Waals surface area contributed by atoms with Gasteiger partial charge in [-0.3, -0.25) is 4.84 Å². The van der Waals surface area contributed by atoms with Crippen LogP contribution in [0.25, 0.3) is 10.8 Å². The molecular formula is C21H28BrN5O2. The number of aliphatic imine (C=N–C) groups is 2. The predicted octanol–water partition coefficient (Wildman–Crippen LogP) is 3.72. The maximum atomic E-state index is 6.10. The van der Waals surface area contributed by atoms with Crippen LogP contribution in [0, 0.1) is 0 Å². The van der Waals surface area contributed by atoms with Crippen molar-refractivity contribution >= 4 is 39.7 Å². The molecule has 2 aromatic carbocycles. The molecule has 4 rings (SSSR count). The van der Waals surface area contributed by atoms with Gasteiger partial charge in [0.1, 0.15) is 5.75 Å². The van der Waals surface area contributed by atoms with E-state index in [1.54, 1.807) is 5.06 Å². The van der Waals surface area contributed by atoms with E-state index in [9.17, 15) is 0 Å². The van der Waals surface area contributed by atoms with E-state index in [0.717, 1.165) is 43.2 Å². The largest absolute Gasteiger partial charge is 0.493 e. The minimum atomic E-state index is -0.509. The minimum Gasteiger partial charge on any atom is -0.493 e. The Hall–Kier alpha value is -2.32. The SMILES string of the molecule is Br.NC1=NC2(CCCCC2)N(OCCCOc2cccc3ccccc23)C(N)=N1. The summed E-state index contributed by atoms with van der Waals surface area (Å²) in [5.41, 5.74) is 11.5. The molecule has 8 heteroatoms. The van der Waals surface area contributed by atoms with Gasteiger partial charge in [-0.25, -0.2) is 4.99 Å². The molecule has 4 N–H and O–H groups in total. The highest BCUT2D eigenvalue weighted by Crippen LogP contribution is 2.36. The molecular weight excluding hydrogens is 434 g/mol. The Bertz CT molecular complexity index is 890. The number of fused-ring (bicyclic) bond motifs is 1. The van der Waals surface area contributed by atoms with Crippen LogP contribution in [0.15, 0.2) is 52.4 Å². The third kappa shape index (κ3) is 4.64. The number of rotatable bonds is 6. The van der Waals surface area contributed by atoms with Gasteiger partial charge in [-0.15, -0.1) is 17.0 Å². The van der Waals surface area contributed by atoms with Gasteiger partial charge in [0, 0.05) is 11.8 Å². The molecule has 1 heterocycles. The summed E-state index contributed by atoms with van der Waals surface area (Å²) in [6.45, 7) is 1.02. The fourth-order valence-electron chi connectivity index (χ4n) is 4.00. The highest BCUT2D eigenvalue weighted by atomic mass is 79.9. The van der Waals surface area contributed by atoms with E-state index in [-0.39, 0.29) is 28.9 Å². The predicted molar refractivity (Wildman–Crippen MR) is 121 cm³/mol. The number of nitrogens with zero attached hydrogens (tertiary/aromatic N) is 3. The Morgan fingerprint density at radius 2 is 1.72 bits per heavy atom. The van der Waals surface area contributed by atoms with Crippen LogP contribution < -0.4 is 16.2 Å². The normalized spacial score (nSPS) is 18.1. The molecule has 0 atom stereocenters. The van der Waals surface area contributed by atoms with Crippen LogP contribution in [0.2, 0.25) is 0 Å². The highest BCUT2D eigenvalue weighted by molar-refractivity contribution is 8.93. The quantitative estimate of drug-likeness (QED) is 0.638. The highest BCUT2D eigenvalue weighted by Gasteiger charge is 2.42. The van der Waals surface area contributed by atoms with E-state index in [0.29, 0.717) is 13.2 Å². The lowest BCUT2D eigenvalue weighted by Crippen LogP contribution is -2.57. The molecule has 1 fully saturated rings. The summed E-state index contributed by atoms with van der Waals surface area (Å²) in [6.07, 6.45) is 5.82. The zero-order valence-corrected chi connectivity index (χ0v) is 18.1. The van der Waals surface area contributed by atoms with Crippen molar-refractivity contribution < 1.29 is 9.57 Å². The van der Waals surface area contributed by atoms with Crippen LogP contribution in [0.3, 0.4) is 0 Å². The number of benzene rings is 2. The summed E-state index contributed by atoms with van der Waals surface area (Å²) in [5.74, 6) is 1.40. The Labute approximate surface area is 181 Å². The molecule has 1 saturated carbocycles. The molecule has 7 nitrogen and oxygen atoms in total. The zero-order chi connectivity index (χ0) is 19.4. The standard InChI is InChI=1S/C21H27N5O2.BrH/c22-19-24-20(23)26(21(25-19)12-4-1-5-13-21)28-15-7-14-27-18-11-6-9-16-8-2-3-10-17(16)18;/h2-3,6,8-11H,1,4-5,7,12-15H2,(H4,22,23,24,25);1H. The summed E-state index contributed by atoms with van der Waals surface area (Å²) in [5, 5.41) is 3.95. The van der Waals surface area contributed by atoms with Gasteiger partial charge in [0.05, 0.1) is 13.2 Å². The molecule has 0 amide bonds. The molecule has 0 unspecified atom stereocenters. The molecule has 0 bridgehead atoms. The lowest BCUT2D eigenvalue weighted by atomic mass is 9.89. The molecule has 1 aliphatic heterocycles. The van der Waals surface area contributed by atoms with E-state index < -0.39 is 5.66 Å². The summed E-state index contributed by atoms with van der Waals surface area (Å²) in [6, 6.07) is 14.3. The zero-order valence-electron chi connectivity index (χ0n) is 16.4. The Morgan fingerprint density at radius 1 is 0.966 bits per heavy atom. The number of halogens is 1. The van der Waals surface area contributed by atoms with Gasteiger partial charge in [0.15, 0.2) is 5.66 Å². The fourth-order valence-corrected chi connectivity index (χ4v) is 4.00. The van der Waals surface area contributed by atoms with Crippen LogP contribution in [0.5, 0.6) is 5.75 Å². The van der Waals surface area contributed by atoms with Gasteiger partial charge in [0.2, 0.25) is 11.9 Å². The Morgan fingerprint density at radius 3 is 2.55 bits per heavy atom. The summed E-state index contributed by atoms with van der Waals surface area (Å²) in [4.78, 5) is 14.7. The molecule has 2 aliphatic rings. The third-order valence-corrected chi connectivity index (χ3v) is 5.31. The number of guanidine groups is 2. The topological polar surface area (TPSA) is 98.5 Å². The van der Waals surface area contributed by atoms with E-state index in [4.69, 9.17) is 21.0 Å². The van der Waals surface area contributed by atoms with Crippen molar-refractivity contribution in [2.75, 3.05) is 13.2 Å². The monoisotopic (exact) mass is 461 g/mol. The van der Waals surface area contributed by atoms with Gasteiger partial charge in [0.25, 0.3) is 0 Å². The third-order valence-electron chi connectivity index (χ3n) is 5.31. The van der Waals surface area contributed by atoms with Crippen molar-refractivity contribution in [2.45, 2.75) is 44.2 Å². The van der Waals surface area contributed by atoms with Crippen molar-refractivity contribution in [3.63, 3.8) is 0 Å². The van der Waals surface area contributed by atoms with Gasteiger partial charge in [-0.1, -0.05) is 42.8 Å². The fraction of sp³-hybridized carbons (Fsp3) is 0.429. The Balaban J connectivity index is 0.00000240. The molecule has 0 radical (unpaired) electrons. The first-order chi connectivity index (χ1) is 13.7. The molecule has 1 aliphatic carbocycles. The number of hydroxylamine groups is 2. The summed E-state index contributed by atoms with van der Waals surface area (Å²) < 4.78 is 5.98. The number of hydrogen-bond acceptors (Lipinski definition) is 7. The smallest absolute Gasteiger partial charge is 0.226 e. The van der Waals surface area contributed by atoms with Crippen LogP contribution in [0.4, 0.5) is 0 Å². The summed E-state index contributed by atoms with van der Waals surface area (Å²) in [7, 11) is 0. The number of nitrogens with two attached hydrogens (primary N) is 2. The maximum Gasteiger partial charge on any atom is 0.226 e. The first kappa shape index (κ1) is 21.4. The average molecular weight is 462 g/mol. The van der Waals surface area contributed by atoms with Gasteiger partial charge in [-0.2, -0.15) is 10.1 Å². The second-order valence-corrected chi connectivity index (χ2v) is 7.29. The molecule has 29 heavy (non-hydrogen) atoms. The van der Waals surface area contributed by atoms with Crippen molar-refractivity contribution in [3.8, 4) is 5.75 Å². The Kier molecular flexibility index (Phi) is 6.97. The lowest BCUT2D eigenvalue weighted by Gasteiger charge is -2.44. The minimum absolute atomic E-state index is 0. The first-order valence-corrected chi connectivity index (χ1v) is 9.91. The molecule has 1 spiro atoms. The summed E-state index contributed by atoms with van der Waals surface area (Å²) >= 11 is 0. The van der Waals surface area contributed by atoms with Gasteiger partial charge < -0.3 is 16.2 Å². The van der Waals surface area contributed by atoms with E-state index >= 15 is 0 Å². The molecule has 156 valence electrons. The number of ether oxygens (including phenoxy) is 1. The molecule has 0 aromatic heterocycles. The van der Waals surface area contributed by atoms with Gasteiger partial charge >= 0.3 is 0 Å². The first-order valence-electron chi connectivity index (χ1n) is 9.91. The number of hydrogen-bond donors (Lipinski definition) is 2. The van der Waals surface area contributed by atoms with Crippen molar-refractivity contribution in [1.82, 2.24) is 5.06 Å². The second kappa shape index (κ2) is 9.45. The van der Waals surface area contributed by atoms with E-state index in [1.165, 1.54) is 11.8 Å². The van der Waals surface area contributed by atoms with Crippen molar-refractivity contribution in [1.29, 1.82) is 0 Å². The maximum absolute atomic E-state index is 6.10.